The summed E-state index contributed by atoms with van der Waals surface area (Å²) in [5, 5.41) is 13.8. The van der Waals surface area contributed by atoms with E-state index in [2.05, 4.69) is 222 Å². The highest BCUT2D eigenvalue weighted by molar-refractivity contribution is 6.22. The van der Waals surface area contributed by atoms with Crippen LogP contribution in [0.1, 0.15) is 0 Å². The first-order valence-electron chi connectivity index (χ1n) is 19.3. The zero-order chi connectivity index (χ0) is 37.0. The van der Waals surface area contributed by atoms with Gasteiger partial charge in [0.25, 0.3) is 0 Å². The molecule has 0 bridgehead atoms. The molecule has 2 heteroatoms. The molecule has 56 heavy (non-hydrogen) atoms. The number of para-hydroxylation sites is 3. The highest BCUT2D eigenvalue weighted by atomic mass is 15.0. The molecule has 0 amide bonds. The van der Waals surface area contributed by atoms with Crippen molar-refractivity contribution in [2.24, 2.45) is 0 Å². The maximum Gasteiger partial charge on any atom is 0.0547 e. The van der Waals surface area contributed by atoms with Crippen LogP contribution in [-0.2, 0) is 0 Å². The highest BCUT2D eigenvalue weighted by Crippen LogP contribution is 2.46. The van der Waals surface area contributed by atoms with Crippen molar-refractivity contribution >= 4 is 65.5 Å². The summed E-state index contributed by atoms with van der Waals surface area (Å²) in [6, 6.07) is 77.0. The number of hydrogen-bond acceptors (Lipinski definition) is 1. The second-order valence-corrected chi connectivity index (χ2v) is 14.5. The van der Waals surface area contributed by atoms with Crippen LogP contribution >= 0.6 is 0 Å². The zero-order valence-electron chi connectivity index (χ0n) is 30.7. The van der Waals surface area contributed by atoms with Gasteiger partial charge in [-0.2, -0.15) is 0 Å². The molecule has 0 atom stereocenters. The second kappa shape index (κ2) is 13.2. The number of hydrogen-bond donors (Lipinski definition) is 1. The third kappa shape index (κ3) is 5.19. The van der Waals surface area contributed by atoms with Crippen LogP contribution in [-0.4, -0.2) is 4.57 Å². The van der Waals surface area contributed by atoms with Crippen molar-refractivity contribution in [2.45, 2.75) is 0 Å². The monoisotopic (exact) mass is 712 g/mol. The number of nitrogens with one attached hydrogen (secondary N) is 1. The van der Waals surface area contributed by atoms with Crippen molar-refractivity contribution in [1.29, 1.82) is 0 Å². The quantitative estimate of drug-likeness (QED) is 0.170. The number of aromatic nitrogens is 1. The molecule has 0 spiro atoms. The van der Waals surface area contributed by atoms with Gasteiger partial charge in [-0.15, -0.1) is 0 Å². The molecule has 1 N–H and O–H groups in total. The van der Waals surface area contributed by atoms with E-state index in [1.165, 1.54) is 81.9 Å². The Balaban J connectivity index is 1.14. The average Bonchev–Trinajstić information content (AvgIpc) is 3.61. The maximum atomic E-state index is 4.06. The molecule has 0 aliphatic heterocycles. The fourth-order valence-corrected chi connectivity index (χ4v) is 8.84. The second-order valence-electron chi connectivity index (χ2n) is 14.5. The van der Waals surface area contributed by atoms with E-state index < -0.39 is 0 Å². The summed E-state index contributed by atoms with van der Waals surface area (Å²) in [5.41, 5.74) is 12.9. The van der Waals surface area contributed by atoms with Gasteiger partial charge in [-0.05, 0) is 91.8 Å². The molecule has 11 rings (SSSR count). The van der Waals surface area contributed by atoms with Crippen molar-refractivity contribution in [3.05, 3.63) is 212 Å². The van der Waals surface area contributed by atoms with Crippen molar-refractivity contribution in [1.82, 2.24) is 4.57 Å². The molecule has 2 nitrogen and oxygen atoms in total. The average molecular weight is 713 g/mol. The summed E-state index contributed by atoms with van der Waals surface area (Å²) < 4.78 is 2.39. The molecule has 0 aliphatic rings. The molecule has 11 aromatic rings. The molecular weight excluding hydrogens is 677 g/mol. The van der Waals surface area contributed by atoms with E-state index in [0.717, 1.165) is 22.6 Å². The predicted octanol–water partition coefficient (Wildman–Crippen LogP) is 15.0. The van der Waals surface area contributed by atoms with E-state index in [-0.39, 0.29) is 0 Å². The third-order valence-corrected chi connectivity index (χ3v) is 11.4. The lowest BCUT2D eigenvalue weighted by Crippen LogP contribution is -1.98. The lowest BCUT2D eigenvalue weighted by molar-refractivity contribution is 1.18. The van der Waals surface area contributed by atoms with E-state index in [4.69, 9.17) is 0 Å². The van der Waals surface area contributed by atoms with Crippen molar-refractivity contribution in [3.8, 4) is 39.1 Å². The summed E-state index contributed by atoms with van der Waals surface area (Å²) in [6.07, 6.45) is 0. The smallest absolute Gasteiger partial charge is 0.0547 e. The Bertz CT molecular complexity index is 3270. The van der Waals surface area contributed by atoms with Crippen LogP contribution in [0.25, 0.3) is 93.2 Å². The minimum Gasteiger partial charge on any atom is -0.354 e. The lowest BCUT2D eigenvalue weighted by Gasteiger charge is -2.21. The molecule has 0 aliphatic carbocycles. The summed E-state index contributed by atoms with van der Waals surface area (Å²) in [7, 11) is 0. The van der Waals surface area contributed by atoms with E-state index in [1.807, 2.05) is 0 Å². The standard InChI is InChI=1S/C54H36N2/c1-3-17-37(18-4-1)52-44-23-9-10-24-45(44)54(46-33-32-40(35-48(46)52)39-31-30-36-16-7-8-19-38(36)34-39)55-49-27-13-11-22-42(49)43-26-15-29-51-53(43)47-25-12-14-28-50(47)56(51)41-20-5-2-6-21-41/h1-35,55H. The first-order chi connectivity index (χ1) is 27.8. The molecule has 0 fully saturated rings. The fraction of sp³-hybridized carbons (Fsp3) is 0. The molecule has 262 valence electrons. The minimum atomic E-state index is 1.06. The minimum absolute atomic E-state index is 1.06. The Morgan fingerprint density at radius 3 is 1.80 bits per heavy atom. The van der Waals surface area contributed by atoms with Gasteiger partial charge in [0.2, 0.25) is 0 Å². The van der Waals surface area contributed by atoms with Crippen LogP contribution in [0.15, 0.2) is 212 Å². The SMILES string of the molecule is c1ccc(-c2c3ccccc3c(Nc3ccccc3-c3cccc4c3c3ccccc3n4-c3ccccc3)c3ccc(-c4ccc5ccccc5c4)cc23)cc1. The van der Waals surface area contributed by atoms with Gasteiger partial charge in [0.1, 0.15) is 0 Å². The van der Waals surface area contributed by atoms with Crippen LogP contribution in [0.2, 0.25) is 0 Å². The van der Waals surface area contributed by atoms with Crippen LogP contribution < -0.4 is 5.32 Å². The first kappa shape index (κ1) is 32.0. The fourth-order valence-electron chi connectivity index (χ4n) is 8.84. The van der Waals surface area contributed by atoms with Crippen LogP contribution in [0.5, 0.6) is 0 Å². The number of rotatable bonds is 6. The van der Waals surface area contributed by atoms with Crippen LogP contribution in [0.4, 0.5) is 11.4 Å². The number of nitrogens with zero attached hydrogens (tertiary/aromatic N) is 1. The lowest BCUT2D eigenvalue weighted by atomic mass is 9.88. The maximum absolute atomic E-state index is 4.06. The Labute approximate surface area is 325 Å². The summed E-state index contributed by atoms with van der Waals surface area (Å²) in [6.45, 7) is 0. The summed E-state index contributed by atoms with van der Waals surface area (Å²) >= 11 is 0. The van der Waals surface area contributed by atoms with E-state index in [0.29, 0.717) is 0 Å². The van der Waals surface area contributed by atoms with E-state index >= 15 is 0 Å². The molecule has 0 saturated heterocycles. The van der Waals surface area contributed by atoms with Gasteiger partial charge >= 0.3 is 0 Å². The van der Waals surface area contributed by atoms with E-state index in [1.54, 1.807) is 0 Å². The summed E-state index contributed by atoms with van der Waals surface area (Å²) in [4.78, 5) is 0. The summed E-state index contributed by atoms with van der Waals surface area (Å²) in [5.74, 6) is 0. The number of anilines is 2. The molecule has 1 aromatic heterocycles. The largest absolute Gasteiger partial charge is 0.354 e. The van der Waals surface area contributed by atoms with Crippen LogP contribution in [0.3, 0.4) is 0 Å². The van der Waals surface area contributed by atoms with Gasteiger partial charge in [0.15, 0.2) is 0 Å². The Hall–Kier alpha value is -7.42. The third-order valence-electron chi connectivity index (χ3n) is 11.4. The van der Waals surface area contributed by atoms with Crippen molar-refractivity contribution in [2.75, 3.05) is 5.32 Å². The van der Waals surface area contributed by atoms with Gasteiger partial charge in [-0.25, -0.2) is 0 Å². The Kier molecular flexibility index (Phi) is 7.53. The Morgan fingerprint density at radius 2 is 0.946 bits per heavy atom. The Morgan fingerprint density at radius 1 is 0.339 bits per heavy atom. The topological polar surface area (TPSA) is 17.0 Å². The molecule has 0 saturated carbocycles. The van der Waals surface area contributed by atoms with Gasteiger partial charge in [-0.1, -0.05) is 170 Å². The van der Waals surface area contributed by atoms with Gasteiger partial charge in [0.05, 0.1) is 16.7 Å². The highest BCUT2D eigenvalue weighted by Gasteiger charge is 2.20. The number of fused-ring (bicyclic) bond motifs is 6. The molecule has 1 heterocycles. The van der Waals surface area contributed by atoms with E-state index in [9.17, 15) is 0 Å². The molecule has 0 unspecified atom stereocenters. The van der Waals surface area contributed by atoms with Gasteiger partial charge < -0.3 is 9.88 Å². The first-order valence-corrected chi connectivity index (χ1v) is 19.3. The normalized spacial score (nSPS) is 11.6. The molecule has 0 radical (unpaired) electrons. The van der Waals surface area contributed by atoms with Crippen LogP contribution in [0, 0.1) is 0 Å². The van der Waals surface area contributed by atoms with Crippen molar-refractivity contribution in [3.63, 3.8) is 0 Å². The predicted molar refractivity (Wildman–Crippen MR) is 239 cm³/mol. The zero-order valence-corrected chi connectivity index (χ0v) is 30.7. The number of benzene rings is 10. The van der Waals surface area contributed by atoms with Gasteiger partial charge in [0, 0.05) is 38.5 Å². The molecule has 10 aromatic carbocycles. The van der Waals surface area contributed by atoms with Gasteiger partial charge in [-0.3, -0.25) is 0 Å². The van der Waals surface area contributed by atoms with Crippen molar-refractivity contribution < 1.29 is 0 Å². The molecular formula is C54H36N2.